The zero-order valence-electron chi connectivity index (χ0n) is 13.7. The van der Waals surface area contributed by atoms with Crippen LogP contribution in [-0.2, 0) is 4.79 Å². The highest BCUT2D eigenvalue weighted by atomic mass is 16.1. The number of carbonyl (C=O) groups excluding carboxylic acids is 1. The van der Waals surface area contributed by atoms with Crippen LogP contribution in [-0.4, -0.2) is 5.91 Å². The quantitative estimate of drug-likeness (QED) is 0.317. The average Bonchev–Trinajstić information content (AvgIpc) is 2.43. The molecule has 0 aliphatic carbocycles. The normalized spacial score (nSPS) is 10.8. The zero-order chi connectivity index (χ0) is 14.9. The highest BCUT2D eigenvalue weighted by molar-refractivity contribution is 5.72. The van der Waals surface area contributed by atoms with Crippen LogP contribution in [0.3, 0.4) is 0 Å². The van der Waals surface area contributed by atoms with Crippen molar-refractivity contribution in [2.75, 3.05) is 0 Å². The standard InChI is InChI=1S/C18H36NO/c1-2-3-4-5-6-7-8-9-10-11-12-13-14-15-16-17-18(19)20/h19H,2-17H2,1H3. The highest BCUT2D eigenvalue weighted by Gasteiger charge is 1.96. The van der Waals surface area contributed by atoms with E-state index < -0.39 is 5.91 Å². The first-order valence-corrected chi connectivity index (χ1v) is 9.01. The molecule has 0 aromatic rings. The lowest BCUT2D eigenvalue weighted by Gasteiger charge is -2.03. The van der Waals surface area contributed by atoms with Crippen LogP contribution in [0.2, 0.25) is 0 Å². The van der Waals surface area contributed by atoms with Crippen molar-refractivity contribution in [2.45, 2.75) is 110 Å². The Morgan fingerprint density at radius 3 is 1.20 bits per heavy atom. The van der Waals surface area contributed by atoms with E-state index in [0.717, 1.165) is 12.8 Å². The van der Waals surface area contributed by atoms with Crippen LogP contribution < -0.4 is 5.73 Å². The molecule has 0 saturated carbocycles. The summed E-state index contributed by atoms with van der Waals surface area (Å²) in [7, 11) is 0. The molecule has 0 spiro atoms. The minimum absolute atomic E-state index is 0.403. The molecule has 1 radical (unpaired) electrons. The highest BCUT2D eigenvalue weighted by Crippen LogP contribution is 2.13. The lowest BCUT2D eigenvalue weighted by atomic mass is 10.0. The molecule has 20 heavy (non-hydrogen) atoms. The first-order chi connectivity index (χ1) is 9.77. The second kappa shape index (κ2) is 16.5. The third-order valence-corrected chi connectivity index (χ3v) is 4.01. The molecule has 0 fully saturated rings. The minimum Gasteiger partial charge on any atom is -0.273 e. The van der Waals surface area contributed by atoms with E-state index in [4.69, 9.17) is 5.73 Å². The zero-order valence-corrected chi connectivity index (χ0v) is 13.7. The summed E-state index contributed by atoms with van der Waals surface area (Å²) in [4.78, 5) is 10.4. The van der Waals surface area contributed by atoms with Gasteiger partial charge < -0.3 is 0 Å². The van der Waals surface area contributed by atoms with Crippen molar-refractivity contribution in [3.63, 3.8) is 0 Å². The molecule has 0 bridgehead atoms. The maximum absolute atomic E-state index is 10.4. The molecule has 0 atom stereocenters. The molecule has 119 valence electrons. The van der Waals surface area contributed by atoms with Gasteiger partial charge in [0.2, 0.25) is 5.91 Å². The molecule has 0 saturated heterocycles. The van der Waals surface area contributed by atoms with E-state index in [2.05, 4.69) is 6.92 Å². The maximum Gasteiger partial charge on any atom is 0.238 e. The number of rotatable bonds is 16. The van der Waals surface area contributed by atoms with Crippen LogP contribution in [0, 0.1) is 0 Å². The van der Waals surface area contributed by atoms with Gasteiger partial charge in [0.05, 0.1) is 0 Å². The Morgan fingerprint density at radius 2 is 0.900 bits per heavy atom. The van der Waals surface area contributed by atoms with E-state index in [0.29, 0.717) is 6.42 Å². The van der Waals surface area contributed by atoms with Gasteiger partial charge in [0.15, 0.2) is 0 Å². The molecule has 0 aromatic carbocycles. The van der Waals surface area contributed by atoms with Crippen LogP contribution >= 0.6 is 0 Å². The van der Waals surface area contributed by atoms with Crippen molar-refractivity contribution in [3.8, 4) is 0 Å². The molecule has 0 rings (SSSR count). The molecule has 0 heterocycles. The first kappa shape index (κ1) is 19.5. The fourth-order valence-corrected chi connectivity index (χ4v) is 2.66. The van der Waals surface area contributed by atoms with Crippen molar-refractivity contribution in [1.82, 2.24) is 5.73 Å². The minimum atomic E-state index is -0.403. The summed E-state index contributed by atoms with van der Waals surface area (Å²) < 4.78 is 0. The second-order valence-corrected chi connectivity index (χ2v) is 6.12. The second-order valence-electron chi connectivity index (χ2n) is 6.12. The molecular formula is C18H36NO. The summed E-state index contributed by atoms with van der Waals surface area (Å²) in [6, 6.07) is 0. The first-order valence-electron chi connectivity index (χ1n) is 9.01. The van der Waals surface area contributed by atoms with Gasteiger partial charge in [0.25, 0.3) is 0 Å². The van der Waals surface area contributed by atoms with Crippen molar-refractivity contribution in [2.24, 2.45) is 0 Å². The Morgan fingerprint density at radius 1 is 0.600 bits per heavy atom. The van der Waals surface area contributed by atoms with Gasteiger partial charge in [0.1, 0.15) is 0 Å². The fourth-order valence-electron chi connectivity index (χ4n) is 2.66. The van der Waals surface area contributed by atoms with Crippen molar-refractivity contribution in [3.05, 3.63) is 0 Å². The van der Waals surface area contributed by atoms with E-state index in [1.54, 1.807) is 0 Å². The van der Waals surface area contributed by atoms with E-state index in [-0.39, 0.29) is 0 Å². The summed E-state index contributed by atoms with van der Waals surface area (Å²) in [5.74, 6) is -0.403. The molecular weight excluding hydrogens is 246 g/mol. The number of amides is 1. The van der Waals surface area contributed by atoms with Crippen molar-refractivity contribution >= 4 is 5.91 Å². The molecule has 1 amide bonds. The average molecular weight is 282 g/mol. The smallest absolute Gasteiger partial charge is 0.238 e. The lowest BCUT2D eigenvalue weighted by molar-refractivity contribution is -0.118. The predicted octanol–water partition coefficient (Wildman–Crippen LogP) is 6.06. The van der Waals surface area contributed by atoms with E-state index in [9.17, 15) is 4.79 Å². The van der Waals surface area contributed by atoms with E-state index >= 15 is 0 Å². The summed E-state index contributed by atoms with van der Waals surface area (Å²) in [5, 5.41) is 0. The van der Waals surface area contributed by atoms with Gasteiger partial charge >= 0.3 is 0 Å². The van der Waals surface area contributed by atoms with Crippen LogP contribution in [0.1, 0.15) is 110 Å². The van der Waals surface area contributed by atoms with E-state index in [1.807, 2.05) is 0 Å². The van der Waals surface area contributed by atoms with Crippen LogP contribution in [0.25, 0.3) is 0 Å². The molecule has 0 aliphatic rings. The number of hydrogen-bond donors (Lipinski definition) is 0. The Bertz CT molecular complexity index is 204. The largest absolute Gasteiger partial charge is 0.273 e. The monoisotopic (exact) mass is 282 g/mol. The van der Waals surface area contributed by atoms with Crippen LogP contribution in [0.15, 0.2) is 0 Å². The molecule has 2 heteroatoms. The molecule has 1 N–H and O–H groups in total. The summed E-state index contributed by atoms with van der Waals surface area (Å²) in [6.45, 7) is 2.27. The predicted molar refractivity (Wildman–Crippen MR) is 87.6 cm³/mol. The van der Waals surface area contributed by atoms with Gasteiger partial charge in [-0.1, -0.05) is 96.8 Å². The van der Waals surface area contributed by atoms with Gasteiger partial charge in [0, 0.05) is 6.42 Å². The van der Waals surface area contributed by atoms with Crippen LogP contribution in [0.4, 0.5) is 0 Å². The van der Waals surface area contributed by atoms with Gasteiger partial charge in [-0.2, -0.15) is 0 Å². The Kier molecular flexibility index (Phi) is 16.1. The van der Waals surface area contributed by atoms with Crippen LogP contribution in [0.5, 0.6) is 0 Å². The van der Waals surface area contributed by atoms with Crippen molar-refractivity contribution in [1.29, 1.82) is 0 Å². The molecule has 0 aliphatic heterocycles. The Balaban J connectivity index is 2.94. The summed E-state index contributed by atoms with van der Waals surface area (Å²) >= 11 is 0. The topological polar surface area (TPSA) is 40.9 Å². The third kappa shape index (κ3) is 17.5. The molecule has 0 unspecified atom stereocenters. The Labute approximate surface area is 126 Å². The van der Waals surface area contributed by atoms with Crippen molar-refractivity contribution < 1.29 is 4.79 Å². The maximum atomic E-state index is 10.4. The number of carbonyl (C=O) groups is 1. The molecule has 0 aromatic heterocycles. The number of unbranched alkanes of at least 4 members (excludes halogenated alkanes) is 14. The third-order valence-electron chi connectivity index (χ3n) is 4.01. The summed E-state index contributed by atoms with van der Waals surface area (Å²) in [6.07, 6.45) is 20.5. The SMILES string of the molecule is CCCCCCCCCCCCCCCCCC([NH])=O. The van der Waals surface area contributed by atoms with Gasteiger partial charge in [-0.25, -0.2) is 0 Å². The number of nitrogens with one attached hydrogen (secondary N) is 1. The number of hydrogen-bond acceptors (Lipinski definition) is 1. The fraction of sp³-hybridized carbons (Fsp3) is 0.944. The van der Waals surface area contributed by atoms with Gasteiger partial charge in [-0.15, -0.1) is 0 Å². The summed E-state index contributed by atoms with van der Waals surface area (Å²) in [5.41, 5.74) is 6.81. The van der Waals surface area contributed by atoms with E-state index in [1.165, 1.54) is 83.5 Å². The van der Waals surface area contributed by atoms with Gasteiger partial charge in [-0.3, -0.25) is 10.5 Å². The lowest BCUT2D eigenvalue weighted by Crippen LogP contribution is -1.96. The Hall–Kier alpha value is -0.530. The molecule has 2 nitrogen and oxygen atoms in total. The van der Waals surface area contributed by atoms with Gasteiger partial charge in [-0.05, 0) is 6.42 Å².